The van der Waals surface area contributed by atoms with Gasteiger partial charge in [-0.05, 0) is 38.0 Å². The number of hydrogen-bond acceptors (Lipinski definition) is 3. The molecule has 2 N–H and O–H groups in total. The molecule has 0 aliphatic carbocycles. The number of amides is 1. The summed E-state index contributed by atoms with van der Waals surface area (Å²) in [6, 6.07) is 5.50. The first kappa shape index (κ1) is 15.1. The number of nitrogens with zero attached hydrogens (tertiary/aromatic N) is 1. The smallest absolute Gasteiger partial charge is 0.223 e. The van der Waals surface area contributed by atoms with Crippen LogP contribution in [0.4, 0.5) is 0 Å². The number of carbonyl (C=O) groups is 1. The van der Waals surface area contributed by atoms with Gasteiger partial charge in [0.2, 0.25) is 5.91 Å². The average molecular weight is 297 g/mol. The second-order valence-electron chi connectivity index (χ2n) is 4.95. The summed E-state index contributed by atoms with van der Waals surface area (Å²) < 4.78 is 5.44. The van der Waals surface area contributed by atoms with Crippen molar-refractivity contribution in [1.29, 1.82) is 0 Å². The maximum absolute atomic E-state index is 12.0. The molecule has 1 aromatic rings. The van der Waals surface area contributed by atoms with E-state index in [1.54, 1.807) is 0 Å². The second-order valence-corrected chi connectivity index (χ2v) is 5.36. The summed E-state index contributed by atoms with van der Waals surface area (Å²) in [5.41, 5.74) is 7.19. The molecule has 4 nitrogen and oxygen atoms in total. The van der Waals surface area contributed by atoms with Crippen LogP contribution in [0.3, 0.4) is 0 Å². The first-order valence-electron chi connectivity index (χ1n) is 7.05. The lowest BCUT2D eigenvalue weighted by molar-refractivity contribution is -0.137. The third-order valence-corrected chi connectivity index (χ3v) is 3.99. The molecule has 0 saturated carbocycles. The van der Waals surface area contributed by atoms with Crippen LogP contribution in [0.1, 0.15) is 38.3 Å². The molecular formula is C15H21ClN2O2. The quantitative estimate of drug-likeness (QED) is 0.929. The normalized spacial score (nSPS) is 23.0. The Morgan fingerprint density at radius 1 is 1.45 bits per heavy atom. The van der Waals surface area contributed by atoms with Crippen molar-refractivity contribution in [3.8, 4) is 5.75 Å². The monoisotopic (exact) mass is 296 g/mol. The van der Waals surface area contributed by atoms with Gasteiger partial charge in [0.15, 0.2) is 0 Å². The molecule has 0 bridgehead atoms. The van der Waals surface area contributed by atoms with Gasteiger partial charge in [-0.3, -0.25) is 4.79 Å². The number of halogens is 1. The van der Waals surface area contributed by atoms with Gasteiger partial charge in [0.05, 0.1) is 17.7 Å². The minimum atomic E-state index is -0.102. The van der Waals surface area contributed by atoms with Gasteiger partial charge in [-0.2, -0.15) is 0 Å². The van der Waals surface area contributed by atoms with Gasteiger partial charge in [0, 0.05) is 19.0 Å². The number of likely N-dealkylation sites (N-methyl/N-ethyl adjacent to an activating group) is 1. The minimum Gasteiger partial charge on any atom is -0.492 e. The fraction of sp³-hybridized carbons (Fsp3) is 0.533. The SMILES string of the molecule is CCOc1ccc(C2C(N)CCC(=O)N2CC)cc1Cl. The zero-order valence-electron chi connectivity index (χ0n) is 11.9. The van der Waals surface area contributed by atoms with Crippen LogP contribution in [0.15, 0.2) is 18.2 Å². The van der Waals surface area contributed by atoms with E-state index in [4.69, 9.17) is 22.1 Å². The van der Waals surface area contributed by atoms with Crippen LogP contribution in [0, 0.1) is 0 Å². The van der Waals surface area contributed by atoms with Crippen molar-refractivity contribution in [2.45, 2.75) is 38.8 Å². The summed E-state index contributed by atoms with van der Waals surface area (Å²) in [7, 11) is 0. The van der Waals surface area contributed by atoms with E-state index < -0.39 is 0 Å². The Labute approximate surface area is 124 Å². The maximum Gasteiger partial charge on any atom is 0.223 e. The molecular weight excluding hydrogens is 276 g/mol. The van der Waals surface area contributed by atoms with E-state index in [1.165, 1.54) is 0 Å². The van der Waals surface area contributed by atoms with E-state index in [0.29, 0.717) is 36.8 Å². The predicted molar refractivity (Wildman–Crippen MR) is 80.0 cm³/mol. The molecule has 1 fully saturated rings. The third kappa shape index (κ3) is 2.91. The molecule has 1 aromatic carbocycles. The molecule has 20 heavy (non-hydrogen) atoms. The molecule has 1 heterocycles. The number of nitrogens with two attached hydrogens (primary N) is 1. The third-order valence-electron chi connectivity index (χ3n) is 3.69. The zero-order chi connectivity index (χ0) is 14.7. The lowest BCUT2D eigenvalue weighted by Gasteiger charge is -2.39. The van der Waals surface area contributed by atoms with Crippen LogP contribution in [0.25, 0.3) is 0 Å². The molecule has 2 atom stereocenters. The summed E-state index contributed by atoms with van der Waals surface area (Å²) in [5, 5.41) is 0.561. The van der Waals surface area contributed by atoms with Crippen molar-refractivity contribution >= 4 is 17.5 Å². The summed E-state index contributed by atoms with van der Waals surface area (Å²) >= 11 is 6.23. The van der Waals surface area contributed by atoms with Crippen LogP contribution in [-0.2, 0) is 4.79 Å². The molecule has 0 aromatic heterocycles. The maximum atomic E-state index is 12.0. The fourth-order valence-corrected chi connectivity index (χ4v) is 3.00. The van der Waals surface area contributed by atoms with E-state index in [0.717, 1.165) is 5.56 Å². The standard InChI is InChI=1S/C15H21ClN2O2/c1-3-18-14(19)8-6-12(17)15(18)10-5-7-13(20-4-2)11(16)9-10/h5,7,9,12,15H,3-4,6,8,17H2,1-2H3. The van der Waals surface area contributed by atoms with Gasteiger partial charge in [0.1, 0.15) is 5.75 Å². The number of likely N-dealkylation sites (tertiary alicyclic amines) is 1. The molecule has 0 spiro atoms. The van der Waals surface area contributed by atoms with E-state index in [-0.39, 0.29) is 18.0 Å². The number of piperidine rings is 1. The van der Waals surface area contributed by atoms with Crippen molar-refractivity contribution in [1.82, 2.24) is 4.90 Å². The fourth-order valence-electron chi connectivity index (χ4n) is 2.75. The first-order chi connectivity index (χ1) is 9.58. The molecule has 2 rings (SSSR count). The molecule has 1 aliphatic rings. The molecule has 110 valence electrons. The van der Waals surface area contributed by atoms with E-state index >= 15 is 0 Å². The van der Waals surface area contributed by atoms with Gasteiger partial charge in [-0.15, -0.1) is 0 Å². The van der Waals surface area contributed by atoms with Crippen LogP contribution < -0.4 is 10.5 Å². The molecule has 1 aliphatic heterocycles. The van der Waals surface area contributed by atoms with Crippen LogP contribution in [-0.4, -0.2) is 30.0 Å². The highest BCUT2D eigenvalue weighted by molar-refractivity contribution is 6.32. The predicted octanol–water partition coefficient (Wildman–Crippen LogP) is 2.75. The highest BCUT2D eigenvalue weighted by Crippen LogP contribution is 2.34. The van der Waals surface area contributed by atoms with Gasteiger partial charge < -0.3 is 15.4 Å². The van der Waals surface area contributed by atoms with Crippen molar-refractivity contribution in [2.24, 2.45) is 5.73 Å². The Balaban J connectivity index is 2.32. The Hall–Kier alpha value is -1.26. The van der Waals surface area contributed by atoms with Crippen LogP contribution in [0.2, 0.25) is 5.02 Å². The molecule has 0 radical (unpaired) electrons. The number of rotatable bonds is 4. The largest absolute Gasteiger partial charge is 0.492 e. The molecule has 2 unspecified atom stereocenters. The molecule has 5 heteroatoms. The number of benzene rings is 1. The zero-order valence-corrected chi connectivity index (χ0v) is 12.7. The van der Waals surface area contributed by atoms with Crippen molar-refractivity contribution < 1.29 is 9.53 Å². The summed E-state index contributed by atoms with van der Waals surface area (Å²) in [5.74, 6) is 0.820. The van der Waals surface area contributed by atoms with E-state index in [9.17, 15) is 4.79 Å². The second kappa shape index (κ2) is 6.46. The Kier molecular flexibility index (Phi) is 4.89. The molecule has 1 saturated heterocycles. The highest BCUT2D eigenvalue weighted by atomic mass is 35.5. The lowest BCUT2D eigenvalue weighted by atomic mass is 9.90. The number of hydrogen-bond donors (Lipinski definition) is 1. The van der Waals surface area contributed by atoms with E-state index in [2.05, 4.69) is 0 Å². The van der Waals surface area contributed by atoms with Crippen LogP contribution >= 0.6 is 11.6 Å². The Bertz CT molecular complexity index is 493. The average Bonchev–Trinajstić information content (AvgIpc) is 2.43. The van der Waals surface area contributed by atoms with Gasteiger partial charge in [0.25, 0.3) is 0 Å². The van der Waals surface area contributed by atoms with Crippen LogP contribution in [0.5, 0.6) is 5.75 Å². The number of carbonyl (C=O) groups excluding carboxylic acids is 1. The van der Waals surface area contributed by atoms with Crippen molar-refractivity contribution in [3.05, 3.63) is 28.8 Å². The van der Waals surface area contributed by atoms with Gasteiger partial charge in [-0.1, -0.05) is 17.7 Å². The summed E-state index contributed by atoms with van der Waals surface area (Å²) in [4.78, 5) is 13.9. The van der Waals surface area contributed by atoms with Crippen molar-refractivity contribution in [3.63, 3.8) is 0 Å². The minimum absolute atomic E-state index is 0.0540. The molecule has 1 amide bonds. The Morgan fingerprint density at radius 2 is 2.20 bits per heavy atom. The van der Waals surface area contributed by atoms with Gasteiger partial charge in [-0.25, -0.2) is 0 Å². The highest BCUT2D eigenvalue weighted by Gasteiger charge is 2.34. The first-order valence-corrected chi connectivity index (χ1v) is 7.43. The summed E-state index contributed by atoms with van der Waals surface area (Å²) in [6.45, 7) is 5.11. The Morgan fingerprint density at radius 3 is 2.80 bits per heavy atom. The van der Waals surface area contributed by atoms with E-state index in [1.807, 2.05) is 36.9 Å². The van der Waals surface area contributed by atoms with Gasteiger partial charge >= 0.3 is 0 Å². The summed E-state index contributed by atoms with van der Waals surface area (Å²) in [6.07, 6.45) is 1.24. The van der Waals surface area contributed by atoms with Crippen molar-refractivity contribution in [2.75, 3.05) is 13.2 Å². The lowest BCUT2D eigenvalue weighted by Crippen LogP contribution is -2.48. The topological polar surface area (TPSA) is 55.6 Å². The number of ether oxygens (including phenoxy) is 1.